The molecule has 0 bridgehead atoms. The molecule has 0 amide bonds. The molecule has 26 heavy (non-hydrogen) atoms. The number of aryl methyl sites for hydroxylation is 2. The van der Waals surface area contributed by atoms with Gasteiger partial charge in [0.15, 0.2) is 6.29 Å². The van der Waals surface area contributed by atoms with Crippen molar-refractivity contribution in [3.63, 3.8) is 0 Å². The first-order valence-electron chi connectivity index (χ1n) is 8.98. The molecule has 4 nitrogen and oxygen atoms in total. The number of carbonyl (C=O) groups excluding carboxylic acids is 1. The molecule has 0 aliphatic rings. The molecule has 0 saturated carbocycles. The van der Waals surface area contributed by atoms with Gasteiger partial charge in [-0.05, 0) is 57.4 Å². The van der Waals surface area contributed by atoms with Crippen LogP contribution in [-0.4, -0.2) is 25.8 Å². The number of ether oxygens (including phenoxy) is 3. The molecule has 0 aromatic heterocycles. The summed E-state index contributed by atoms with van der Waals surface area (Å²) in [6.07, 6.45) is 0.826. The van der Waals surface area contributed by atoms with E-state index >= 15 is 0 Å². The Bertz CT molecular complexity index is 661. The lowest BCUT2D eigenvalue weighted by Crippen LogP contribution is -2.11. The Morgan fingerprint density at radius 2 is 1.65 bits per heavy atom. The Kier molecular flexibility index (Phi) is 10.3. The van der Waals surface area contributed by atoms with Gasteiger partial charge < -0.3 is 14.2 Å². The molecule has 0 heterocycles. The van der Waals surface area contributed by atoms with E-state index in [-0.39, 0.29) is 6.29 Å². The number of carbonyl (C=O) groups is 1. The van der Waals surface area contributed by atoms with E-state index in [1.165, 1.54) is 5.56 Å². The van der Waals surface area contributed by atoms with Crippen molar-refractivity contribution in [1.29, 1.82) is 0 Å². The van der Waals surface area contributed by atoms with Crippen LogP contribution in [0.15, 0.2) is 42.5 Å². The van der Waals surface area contributed by atoms with Crippen LogP contribution < -0.4 is 4.74 Å². The normalized spacial score (nSPS) is 10.2. The predicted octanol–water partition coefficient (Wildman–Crippen LogP) is 5.10. The predicted molar refractivity (Wildman–Crippen MR) is 105 cm³/mol. The zero-order chi connectivity index (χ0) is 19.4. The van der Waals surface area contributed by atoms with Crippen LogP contribution in [0.25, 0.3) is 0 Å². The molecule has 2 aromatic carbocycles. The summed E-state index contributed by atoms with van der Waals surface area (Å²) in [6.45, 7) is 11.7. The van der Waals surface area contributed by atoms with Crippen LogP contribution in [0.5, 0.6) is 5.75 Å². The summed E-state index contributed by atoms with van der Waals surface area (Å²) in [6, 6.07) is 13.6. The zero-order valence-electron chi connectivity index (χ0n) is 16.5. The summed E-state index contributed by atoms with van der Waals surface area (Å²) in [4.78, 5) is 10.9. The molecule has 0 radical (unpaired) electrons. The van der Waals surface area contributed by atoms with E-state index in [9.17, 15) is 4.79 Å². The molecule has 0 aliphatic heterocycles. The second-order valence-electron chi connectivity index (χ2n) is 5.85. The molecule has 0 spiro atoms. The van der Waals surface area contributed by atoms with Gasteiger partial charge in [-0.2, -0.15) is 0 Å². The lowest BCUT2D eigenvalue weighted by Gasteiger charge is -2.11. The Balaban J connectivity index is 0.000000359. The van der Waals surface area contributed by atoms with Gasteiger partial charge >= 0.3 is 0 Å². The highest BCUT2D eigenvalue weighted by Crippen LogP contribution is 2.21. The lowest BCUT2D eigenvalue weighted by molar-refractivity contribution is -0.123. The number of rotatable bonds is 8. The number of hydrogen-bond acceptors (Lipinski definition) is 4. The van der Waals surface area contributed by atoms with Crippen molar-refractivity contribution in [1.82, 2.24) is 0 Å². The highest BCUT2D eigenvalue weighted by Gasteiger charge is 2.04. The topological polar surface area (TPSA) is 44.8 Å². The van der Waals surface area contributed by atoms with Gasteiger partial charge in [0, 0.05) is 18.8 Å². The van der Waals surface area contributed by atoms with Gasteiger partial charge in [0.25, 0.3) is 0 Å². The largest absolute Gasteiger partial charge is 0.489 e. The minimum atomic E-state index is -0.0370. The zero-order valence-corrected chi connectivity index (χ0v) is 16.5. The van der Waals surface area contributed by atoms with Crippen molar-refractivity contribution in [2.24, 2.45) is 0 Å². The Morgan fingerprint density at radius 3 is 2.27 bits per heavy atom. The third-order valence-corrected chi connectivity index (χ3v) is 3.71. The SMILES string of the molecule is CCOC(C)OCC.Cc1ccc(C)c(OCc2ccccc2C=O)c1. The average molecular weight is 358 g/mol. The van der Waals surface area contributed by atoms with Gasteiger partial charge in [0.05, 0.1) is 0 Å². The van der Waals surface area contributed by atoms with Crippen molar-refractivity contribution < 1.29 is 19.0 Å². The standard InChI is InChI=1S/C16H16O2.C6H14O2/c1-12-7-8-13(2)16(9-12)18-11-15-6-4-3-5-14(15)10-17;1-4-7-6(3)8-5-2/h3-10H,11H2,1-2H3;6H,4-5H2,1-3H3. The van der Waals surface area contributed by atoms with Crippen LogP contribution >= 0.6 is 0 Å². The van der Waals surface area contributed by atoms with Gasteiger partial charge in [-0.25, -0.2) is 0 Å². The van der Waals surface area contributed by atoms with E-state index in [1.54, 1.807) is 6.07 Å². The molecule has 0 atom stereocenters. The molecule has 0 unspecified atom stereocenters. The van der Waals surface area contributed by atoms with Crippen LogP contribution in [0, 0.1) is 13.8 Å². The lowest BCUT2D eigenvalue weighted by atomic mass is 10.1. The summed E-state index contributed by atoms with van der Waals surface area (Å²) in [5.41, 5.74) is 3.86. The fourth-order valence-corrected chi connectivity index (χ4v) is 2.32. The maximum atomic E-state index is 10.9. The fraction of sp³-hybridized carbons (Fsp3) is 0.409. The molecule has 0 saturated heterocycles. The van der Waals surface area contributed by atoms with E-state index < -0.39 is 0 Å². The third-order valence-electron chi connectivity index (χ3n) is 3.71. The van der Waals surface area contributed by atoms with Crippen molar-refractivity contribution >= 4 is 6.29 Å². The monoisotopic (exact) mass is 358 g/mol. The molecule has 0 N–H and O–H groups in total. The average Bonchev–Trinajstić information content (AvgIpc) is 2.63. The molecule has 2 rings (SSSR count). The molecular weight excluding hydrogens is 328 g/mol. The molecule has 2 aromatic rings. The summed E-state index contributed by atoms with van der Waals surface area (Å²) in [7, 11) is 0. The van der Waals surface area contributed by atoms with Crippen LogP contribution in [0.4, 0.5) is 0 Å². The second-order valence-corrected chi connectivity index (χ2v) is 5.85. The van der Waals surface area contributed by atoms with E-state index in [4.69, 9.17) is 14.2 Å². The first-order valence-corrected chi connectivity index (χ1v) is 8.98. The number of hydrogen-bond donors (Lipinski definition) is 0. The molecule has 0 aliphatic carbocycles. The van der Waals surface area contributed by atoms with Gasteiger partial charge in [-0.15, -0.1) is 0 Å². The smallest absolute Gasteiger partial charge is 0.154 e. The fourth-order valence-electron chi connectivity index (χ4n) is 2.32. The Labute approximate surface area is 157 Å². The van der Waals surface area contributed by atoms with Crippen LogP contribution in [0.1, 0.15) is 47.8 Å². The molecule has 4 heteroatoms. The minimum Gasteiger partial charge on any atom is -0.489 e. The van der Waals surface area contributed by atoms with Crippen molar-refractivity contribution in [2.45, 2.75) is 47.5 Å². The summed E-state index contributed by atoms with van der Waals surface area (Å²) < 4.78 is 15.9. The Morgan fingerprint density at radius 1 is 1.00 bits per heavy atom. The van der Waals surface area contributed by atoms with Gasteiger partial charge in [-0.3, -0.25) is 4.79 Å². The first kappa shape index (κ1) is 21.9. The maximum Gasteiger partial charge on any atom is 0.154 e. The van der Waals surface area contributed by atoms with E-state index in [0.29, 0.717) is 12.2 Å². The van der Waals surface area contributed by atoms with E-state index in [1.807, 2.05) is 65.0 Å². The van der Waals surface area contributed by atoms with Crippen LogP contribution in [0.2, 0.25) is 0 Å². The second kappa shape index (κ2) is 12.2. The molecular formula is C22H30O4. The maximum absolute atomic E-state index is 10.9. The Hall–Kier alpha value is -2.17. The quantitative estimate of drug-likeness (QED) is 0.486. The van der Waals surface area contributed by atoms with Gasteiger partial charge in [0.2, 0.25) is 0 Å². The summed E-state index contributed by atoms with van der Waals surface area (Å²) in [5, 5.41) is 0. The van der Waals surface area contributed by atoms with Gasteiger partial charge in [0.1, 0.15) is 18.6 Å². The highest BCUT2D eigenvalue weighted by molar-refractivity contribution is 5.77. The number of benzene rings is 2. The molecule has 0 fully saturated rings. The van der Waals surface area contributed by atoms with Gasteiger partial charge in [-0.1, -0.05) is 36.4 Å². The van der Waals surface area contributed by atoms with Crippen molar-refractivity contribution in [3.8, 4) is 5.75 Å². The first-order chi connectivity index (χ1) is 12.5. The van der Waals surface area contributed by atoms with E-state index in [0.717, 1.165) is 36.4 Å². The van der Waals surface area contributed by atoms with Crippen molar-refractivity contribution in [2.75, 3.05) is 13.2 Å². The summed E-state index contributed by atoms with van der Waals surface area (Å²) in [5.74, 6) is 0.871. The summed E-state index contributed by atoms with van der Waals surface area (Å²) >= 11 is 0. The van der Waals surface area contributed by atoms with Crippen LogP contribution in [-0.2, 0) is 16.1 Å². The van der Waals surface area contributed by atoms with Crippen molar-refractivity contribution in [3.05, 3.63) is 64.7 Å². The minimum absolute atomic E-state index is 0.0370. The third kappa shape index (κ3) is 7.81. The van der Waals surface area contributed by atoms with E-state index in [2.05, 4.69) is 6.07 Å². The number of aldehydes is 1. The van der Waals surface area contributed by atoms with Crippen LogP contribution in [0.3, 0.4) is 0 Å². The molecule has 142 valence electrons. The highest BCUT2D eigenvalue weighted by atomic mass is 16.7.